The number of hydrogen-bond acceptors (Lipinski definition) is 5. The van der Waals surface area contributed by atoms with Crippen molar-refractivity contribution in [3.8, 4) is 11.3 Å². The number of nitrogens with zero attached hydrogens (tertiary/aromatic N) is 2. The Balaban J connectivity index is 1.54. The predicted molar refractivity (Wildman–Crippen MR) is 120 cm³/mol. The van der Waals surface area contributed by atoms with E-state index in [-0.39, 0.29) is 5.91 Å². The summed E-state index contributed by atoms with van der Waals surface area (Å²) in [6.45, 7) is 0. The lowest BCUT2D eigenvalue weighted by atomic mass is 9.94. The minimum Gasteiger partial charge on any atom is -0.422 e. The maximum Gasteiger partial charge on any atom is 0.345 e. The molecule has 1 saturated heterocycles. The fourth-order valence-corrected chi connectivity index (χ4v) is 5.18. The molecule has 2 aromatic carbocycles. The van der Waals surface area contributed by atoms with Crippen LogP contribution in [0.5, 0.6) is 0 Å². The van der Waals surface area contributed by atoms with Crippen LogP contribution in [-0.2, 0) is 4.79 Å². The van der Waals surface area contributed by atoms with Crippen molar-refractivity contribution in [2.45, 2.75) is 11.4 Å². The summed E-state index contributed by atoms with van der Waals surface area (Å²) >= 11 is 19.9. The zero-order valence-corrected chi connectivity index (χ0v) is 18.1. The first-order valence-electron chi connectivity index (χ1n) is 8.85. The molecule has 4 aromatic rings. The quantitative estimate of drug-likeness (QED) is 0.209. The van der Waals surface area contributed by atoms with Gasteiger partial charge in [0.15, 0.2) is 5.13 Å². The standard InChI is InChI=1S/C21H11Cl3N2O3S/c22-11-5-6-12(14(23)8-11)18-17(24)19(27)26(18)21-25-15(9-30-21)13-7-10-3-1-2-4-16(10)29-20(13)28/h1-9,17-18H. The van der Waals surface area contributed by atoms with Gasteiger partial charge in [0.2, 0.25) is 5.91 Å². The van der Waals surface area contributed by atoms with Crippen LogP contribution in [0, 0.1) is 0 Å². The Morgan fingerprint density at radius 3 is 2.67 bits per heavy atom. The van der Waals surface area contributed by atoms with Gasteiger partial charge >= 0.3 is 5.63 Å². The van der Waals surface area contributed by atoms with Gasteiger partial charge in [-0.25, -0.2) is 9.78 Å². The molecule has 0 N–H and O–H groups in total. The first kappa shape index (κ1) is 19.6. The monoisotopic (exact) mass is 476 g/mol. The average molecular weight is 478 g/mol. The van der Waals surface area contributed by atoms with Gasteiger partial charge < -0.3 is 4.42 Å². The minimum absolute atomic E-state index is 0.279. The second kappa shape index (κ2) is 7.39. The van der Waals surface area contributed by atoms with Crippen LogP contribution in [0.3, 0.4) is 0 Å². The van der Waals surface area contributed by atoms with E-state index in [1.807, 2.05) is 12.1 Å². The molecule has 5 nitrogen and oxygen atoms in total. The van der Waals surface area contributed by atoms with E-state index in [0.717, 1.165) is 5.39 Å². The van der Waals surface area contributed by atoms with Gasteiger partial charge in [0.1, 0.15) is 11.0 Å². The summed E-state index contributed by atoms with van der Waals surface area (Å²) in [6.07, 6.45) is 0. The number of benzene rings is 2. The highest BCUT2D eigenvalue weighted by molar-refractivity contribution is 7.14. The second-order valence-corrected chi connectivity index (χ2v) is 8.87. The molecule has 1 amide bonds. The number of β-lactam (4-membered cyclic amide) rings is 1. The molecule has 0 spiro atoms. The molecule has 2 atom stereocenters. The van der Waals surface area contributed by atoms with Crippen LogP contribution < -0.4 is 10.5 Å². The fourth-order valence-electron chi connectivity index (χ4n) is 3.44. The molecule has 0 bridgehead atoms. The Morgan fingerprint density at radius 1 is 1.07 bits per heavy atom. The number of hydrogen-bond donors (Lipinski definition) is 0. The van der Waals surface area contributed by atoms with Gasteiger partial charge in [-0.05, 0) is 29.8 Å². The van der Waals surface area contributed by atoms with E-state index >= 15 is 0 Å². The number of alkyl halides is 1. The lowest BCUT2D eigenvalue weighted by Crippen LogP contribution is -2.56. The Hall–Kier alpha value is -2.38. The van der Waals surface area contributed by atoms with Crippen LogP contribution in [0.15, 0.2) is 63.1 Å². The van der Waals surface area contributed by atoms with Crippen LogP contribution >= 0.6 is 46.1 Å². The van der Waals surface area contributed by atoms with E-state index in [2.05, 4.69) is 4.98 Å². The summed E-state index contributed by atoms with van der Waals surface area (Å²) in [4.78, 5) is 31.0. The summed E-state index contributed by atoms with van der Waals surface area (Å²) in [7, 11) is 0. The first-order chi connectivity index (χ1) is 14.4. The third kappa shape index (κ3) is 3.11. The molecular weight excluding hydrogens is 467 g/mol. The van der Waals surface area contributed by atoms with Crippen molar-refractivity contribution in [2.75, 3.05) is 4.90 Å². The number of anilines is 1. The number of rotatable bonds is 3. The molecular formula is C21H11Cl3N2O3S. The number of thiazole rings is 1. The normalized spacial score (nSPS) is 18.6. The third-order valence-electron chi connectivity index (χ3n) is 4.93. The van der Waals surface area contributed by atoms with Crippen LogP contribution in [0.4, 0.5) is 5.13 Å². The summed E-state index contributed by atoms with van der Waals surface area (Å²) in [5, 5.41) is 3.07. The molecule has 1 aliphatic rings. The van der Waals surface area contributed by atoms with Crippen molar-refractivity contribution in [2.24, 2.45) is 0 Å². The summed E-state index contributed by atoms with van der Waals surface area (Å²) in [5.41, 5.74) is 1.45. The van der Waals surface area contributed by atoms with Crippen molar-refractivity contribution in [1.82, 2.24) is 4.98 Å². The molecule has 9 heteroatoms. The van der Waals surface area contributed by atoms with Crippen molar-refractivity contribution >= 4 is 68.1 Å². The topological polar surface area (TPSA) is 63.4 Å². The van der Waals surface area contributed by atoms with Gasteiger partial charge in [-0.1, -0.05) is 47.5 Å². The molecule has 2 unspecified atom stereocenters. The highest BCUT2D eigenvalue weighted by Gasteiger charge is 2.50. The Morgan fingerprint density at radius 2 is 1.87 bits per heavy atom. The maximum absolute atomic E-state index is 12.5. The van der Waals surface area contributed by atoms with Gasteiger partial charge in [-0.15, -0.1) is 22.9 Å². The number of amides is 1. The van der Waals surface area contributed by atoms with Gasteiger partial charge in [-0.2, -0.15) is 0 Å². The predicted octanol–water partition coefficient (Wildman–Crippen LogP) is 5.92. The van der Waals surface area contributed by atoms with Crippen molar-refractivity contribution in [3.05, 3.63) is 79.9 Å². The lowest BCUT2D eigenvalue weighted by molar-refractivity contribution is -0.123. The number of para-hydroxylation sites is 1. The van der Waals surface area contributed by atoms with Crippen molar-refractivity contribution in [3.63, 3.8) is 0 Å². The highest BCUT2D eigenvalue weighted by Crippen LogP contribution is 2.46. The Kier molecular flexibility index (Phi) is 4.82. The summed E-state index contributed by atoms with van der Waals surface area (Å²) in [6, 6.07) is 13.5. The van der Waals surface area contributed by atoms with Crippen LogP contribution in [0.1, 0.15) is 11.6 Å². The average Bonchev–Trinajstić information content (AvgIpc) is 3.20. The van der Waals surface area contributed by atoms with E-state index in [1.165, 1.54) is 16.2 Å². The second-order valence-electron chi connectivity index (χ2n) is 6.72. The van der Waals surface area contributed by atoms with E-state index in [9.17, 15) is 9.59 Å². The van der Waals surface area contributed by atoms with Gasteiger partial charge in [-0.3, -0.25) is 9.69 Å². The van der Waals surface area contributed by atoms with Crippen molar-refractivity contribution < 1.29 is 9.21 Å². The molecule has 0 radical (unpaired) electrons. The number of fused-ring (bicyclic) bond motifs is 1. The first-order valence-corrected chi connectivity index (χ1v) is 10.9. The fraction of sp³-hybridized carbons (Fsp3) is 0.0952. The Bertz CT molecular complexity index is 1370. The van der Waals surface area contributed by atoms with E-state index in [0.29, 0.717) is 37.6 Å². The maximum atomic E-state index is 12.5. The number of aromatic nitrogens is 1. The van der Waals surface area contributed by atoms with Crippen molar-refractivity contribution in [1.29, 1.82) is 0 Å². The number of carbonyl (C=O) groups excluding carboxylic acids is 1. The minimum atomic E-state index is -0.762. The number of halogens is 3. The molecule has 0 aliphatic carbocycles. The van der Waals surface area contributed by atoms with Gasteiger partial charge in [0.25, 0.3) is 0 Å². The van der Waals surface area contributed by atoms with E-state index in [4.69, 9.17) is 39.2 Å². The lowest BCUT2D eigenvalue weighted by Gasteiger charge is -2.43. The van der Waals surface area contributed by atoms with Crippen LogP contribution in [-0.4, -0.2) is 16.3 Å². The molecule has 150 valence electrons. The highest BCUT2D eigenvalue weighted by atomic mass is 35.5. The molecule has 5 rings (SSSR count). The Labute approximate surface area is 189 Å². The molecule has 3 heterocycles. The van der Waals surface area contributed by atoms with E-state index < -0.39 is 17.0 Å². The van der Waals surface area contributed by atoms with Gasteiger partial charge in [0, 0.05) is 20.8 Å². The van der Waals surface area contributed by atoms with Crippen LogP contribution in [0.2, 0.25) is 10.0 Å². The van der Waals surface area contributed by atoms with Gasteiger partial charge in [0.05, 0.1) is 17.3 Å². The molecule has 0 saturated carbocycles. The van der Waals surface area contributed by atoms with Crippen LogP contribution in [0.25, 0.3) is 22.2 Å². The summed E-state index contributed by atoms with van der Waals surface area (Å²) < 4.78 is 5.39. The summed E-state index contributed by atoms with van der Waals surface area (Å²) in [5.74, 6) is -0.279. The molecule has 2 aromatic heterocycles. The molecule has 30 heavy (non-hydrogen) atoms. The zero-order valence-electron chi connectivity index (χ0n) is 15.0. The molecule has 1 aliphatic heterocycles. The third-order valence-corrected chi connectivity index (χ3v) is 6.75. The smallest absolute Gasteiger partial charge is 0.345 e. The van der Waals surface area contributed by atoms with E-state index in [1.54, 1.807) is 41.8 Å². The molecule has 1 fully saturated rings. The largest absolute Gasteiger partial charge is 0.422 e. The SMILES string of the molecule is O=C1C(Cl)C(c2ccc(Cl)cc2Cl)N1c1nc(-c2cc3ccccc3oc2=O)cs1. The zero-order chi connectivity index (χ0) is 21.0. The number of carbonyl (C=O) groups is 1.